The third-order valence-corrected chi connectivity index (χ3v) is 4.83. The molecule has 122 valence electrons. The number of pyridine rings is 1. The van der Waals surface area contributed by atoms with Gasteiger partial charge in [0, 0.05) is 17.8 Å². The van der Waals surface area contributed by atoms with Gasteiger partial charge < -0.3 is 15.3 Å². The standard InChI is InChI=1S/C17H20N2O3S/c1-12(2)16(23-15-6-4-5-11-19(15)21)17(20)18-13-7-9-14(22-3)10-8-13/h4-12,16H,1-3H3,(H,18,20). The Bertz CT molecular complexity index is 659. The van der Waals surface area contributed by atoms with Crippen LogP contribution in [0.2, 0.25) is 0 Å². The van der Waals surface area contributed by atoms with Crippen LogP contribution >= 0.6 is 11.8 Å². The van der Waals surface area contributed by atoms with Crippen LogP contribution < -0.4 is 14.8 Å². The van der Waals surface area contributed by atoms with Crippen molar-refractivity contribution in [3.63, 3.8) is 0 Å². The van der Waals surface area contributed by atoms with Crippen molar-refractivity contribution in [1.82, 2.24) is 0 Å². The van der Waals surface area contributed by atoms with E-state index in [-0.39, 0.29) is 17.1 Å². The first-order chi connectivity index (χ1) is 11.0. The number of nitrogens with zero attached hydrogens (tertiary/aromatic N) is 1. The number of carbonyl (C=O) groups excluding carboxylic acids is 1. The Labute approximate surface area is 140 Å². The van der Waals surface area contributed by atoms with Crippen LogP contribution in [-0.2, 0) is 4.79 Å². The molecule has 6 heteroatoms. The smallest absolute Gasteiger partial charge is 0.252 e. The largest absolute Gasteiger partial charge is 0.618 e. The zero-order valence-corrected chi connectivity index (χ0v) is 14.2. The van der Waals surface area contributed by atoms with Crippen LogP contribution in [0.1, 0.15) is 13.8 Å². The van der Waals surface area contributed by atoms with Crippen molar-refractivity contribution in [2.45, 2.75) is 24.1 Å². The summed E-state index contributed by atoms with van der Waals surface area (Å²) in [6.45, 7) is 3.92. The molecule has 0 spiro atoms. The van der Waals surface area contributed by atoms with Crippen LogP contribution in [0.3, 0.4) is 0 Å². The summed E-state index contributed by atoms with van der Waals surface area (Å²) < 4.78 is 5.88. The zero-order chi connectivity index (χ0) is 16.8. The van der Waals surface area contributed by atoms with E-state index in [0.717, 1.165) is 10.5 Å². The predicted octanol–water partition coefficient (Wildman–Crippen LogP) is 3.08. The summed E-state index contributed by atoms with van der Waals surface area (Å²) in [7, 11) is 1.59. The Balaban J connectivity index is 2.10. The summed E-state index contributed by atoms with van der Waals surface area (Å²) >= 11 is 1.27. The number of anilines is 1. The SMILES string of the molecule is COc1ccc(NC(=O)C(Sc2cccc[n+]2[O-])C(C)C)cc1. The van der Waals surface area contributed by atoms with Gasteiger partial charge in [-0.25, -0.2) is 0 Å². The van der Waals surface area contributed by atoms with Crippen LogP contribution in [0.5, 0.6) is 5.75 Å². The van der Waals surface area contributed by atoms with E-state index >= 15 is 0 Å². The normalized spacial score (nSPS) is 12.0. The minimum absolute atomic E-state index is 0.0819. The summed E-state index contributed by atoms with van der Waals surface area (Å²) in [4.78, 5) is 12.5. The van der Waals surface area contributed by atoms with E-state index in [0.29, 0.717) is 10.7 Å². The van der Waals surface area contributed by atoms with Gasteiger partial charge in [-0.05, 0) is 48.0 Å². The lowest BCUT2D eigenvalue weighted by Crippen LogP contribution is -2.34. The van der Waals surface area contributed by atoms with Crippen LogP contribution in [0.15, 0.2) is 53.7 Å². The molecule has 1 heterocycles. The number of methoxy groups -OCH3 is 1. The Hall–Kier alpha value is -2.21. The maximum absolute atomic E-state index is 12.5. The highest BCUT2D eigenvalue weighted by molar-refractivity contribution is 8.00. The van der Waals surface area contributed by atoms with Gasteiger partial charge in [-0.3, -0.25) is 4.79 Å². The number of thioether (sulfide) groups is 1. The third-order valence-electron chi connectivity index (χ3n) is 3.26. The fraction of sp³-hybridized carbons (Fsp3) is 0.294. The van der Waals surface area contributed by atoms with Gasteiger partial charge in [-0.1, -0.05) is 13.8 Å². The molecule has 1 atom stereocenters. The molecule has 23 heavy (non-hydrogen) atoms. The summed E-state index contributed by atoms with van der Waals surface area (Å²) in [6.07, 6.45) is 1.43. The molecule has 1 aromatic carbocycles. The minimum atomic E-state index is -0.361. The van der Waals surface area contributed by atoms with Crippen LogP contribution in [0.4, 0.5) is 5.69 Å². The molecule has 0 aliphatic heterocycles. The fourth-order valence-corrected chi connectivity index (χ4v) is 3.03. The van der Waals surface area contributed by atoms with E-state index < -0.39 is 0 Å². The lowest BCUT2D eigenvalue weighted by Gasteiger charge is -2.19. The second kappa shape index (κ2) is 7.87. The number of hydrogen-bond donors (Lipinski definition) is 1. The molecule has 1 N–H and O–H groups in total. The summed E-state index contributed by atoms with van der Waals surface area (Å²) in [5.41, 5.74) is 0.699. The lowest BCUT2D eigenvalue weighted by molar-refractivity contribution is -0.645. The van der Waals surface area contributed by atoms with Crippen molar-refractivity contribution in [3.05, 3.63) is 53.9 Å². The number of aromatic nitrogens is 1. The Morgan fingerprint density at radius 2 is 1.91 bits per heavy atom. The monoisotopic (exact) mass is 332 g/mol. The fourth-order valence-electron chi connectivity index (χ4n) is 2.01. The molecule has 0 saturated carbocycles. The first kappa shape index (κ1) is 17.1. The molecule has 0 bridgehead atoms. The quantitative estimate of drug-likeness (QED) is 0.501. The van der Waals surface area contributed by atoms with Crippen LogP contribution in [-0.4, -0.2) is 18.3 Å². The molecule has 1 amide bonds. The molecular formula is C17H20N2O3S. The Kier molecular flexibility index (Phi) is 5.87. The number of nitrogens with one attached hydrogen (secondary N) is 1. The highest BCUT2D eigenvalue weighted by Gasteiger charge is 2.26. The molecule has 1 unspecified atom stereocenters. The molecule has 0 radical (unpaired) electrons. The van der Waals surface area contributed by atoms with Crippen molar-refractivity contribution < 1.29 is 14.3 Å². The second-order valence-corrected chi connectivity index (χ2v) is 6.53. The van der Waals surface area contributed by atoms with E-state index in [4.69, 9.17) is 4.74 Å². The number of rotatable bonds is 6. The maximum Gasteiger partial charge on any atom is 0.252 e. The molecule has 0 aliphatic rings. The van der Waals surface area contributed by atoms with Crippen molar-refractivity contribution in [3.8, 4) is 5.75 Å². The van der Waals surface area contributed by atoms with E-state index in [2.05, 4.69) is 5.32 Å². The van der Waals surface area contributed by atoms with E-state index in [1.807, 2.05) is 13.8 Å². The van der Waals surface area contributed by atoms with Crippen LogP contribution in [0, 0.1) is 11.1 Å². The summed E-state index contributed by atoms with van der Waals surface area (Å²) in [5.74, 6) is 0.687. The zero-order valence-electron chi connectivity index (χ0n) is 13.4. The van der Waals surface area contributed by atoms with Crippen molar-refractivity contribution in [2.24, 2.45) is 5.92 Å². The van der Waals surface area contributed by atoms with Gasteiger partial charge in [-0.15, -0.1) is 0 Å². The summed E-state index contributed by atoms with van der Waals surface area (Å²) in [5, 5.41) is 14.8. The van der Waals surface area contributed by atoms with Gasteiger partial charge in [0.1, 0.15) is 5.75 Å². The summed E-state index contributed by atoms with van der Waals surface area (Å²) in [6, 6.07) is 12.3. The van der Waals surface area contributed by atoms with E-state index in [9.17, 15) is 10.0 Å². The van der Waals surface area contributed by atoms with Gasteiger partial charge in [-0.2, -0.15) is 4.73 Å². The van der Waals surface area contributed by atoms with Crippen molar-refractivity contribution in [2.75, 3.05) is 12.4 Å². The molecule has 1 aromatic heterocycles. The second-order valence-electron chi connectivity index (χ2n) is 5.36. The molecule has 0 aliphatic carbocycles. The lowest BCUT2D eigenvalue weighted by atomic mass is 10.1. The minimum Gasteiger partial charge on any atom is -0.618 e. The number of amides is 1. The van der Waals surface area contributed by atoms with E-state index in [1.165, 1.54) is 18.0 Å². The Morgan fingerprint density at radius 3 is 2.48 bits per heavy atom. The molecule has 2 aromatic rings. The van der Waals surface area contributed by atoms with E-state index in [1.54, 1.807) is 49.6 Å². The average Bonchev–Trinajstić information content (AvgIpc) is 2.54. The number of carbonyl (C=O) groups is 1. The highest BCUT2D eigenvalue weighted by atomic mass is 32.2. The molecule has 0 saturated heterocycles. The Morgan fingerprint density at radius 1 is 1.22 bits per heavy atom. The molecule has 0 fully saturated rings. The molecule has 5 nitrogen and oxygen atoms in total. The third kappa shape index (κ3) is 4.63. The van der Waals surface area contributed by atoms with Crippen molar-refractivity contribution in [1.29, 1.82) is 0 Å². The average molecular weight is 332 g/mol. The predicted molar refractivity (Wildman–Crippen MR) is 91.5 cm³/mol. The van der Waals surface area contributed by atoms with Gasteiger partial charge in [0.15, 0.2) is 6.20 Å². The highest BCUT2D eigenvalue weighted by Crippen LogP contribution is 2.27. The molecular weight excluding hydrogens is 312 g/mol. The van der Waals surface area contributed by atoms with Gasteiger partial charge in [0.05, 0.1) is 12.4 Å². The first-order valence-corrected chi connectivity index (χ1v) is 8.19. The number of ether oxygens (including phenoxy) is 1. The van der Waals surface area contributed by atoms with Crippen LogP contribution in [0.25, 0.3) is 0 Å². The number of hydrogen-bond acceptors (Lipinski definition) is 4. The van der Waals surface area contributed by atoms with Gasteiger partial charge in [0.25, 0.3) is 5.03 Å². The van der Waals surface area contributed by atoms with Gasteiger partial charge >= 0.3 is 0 Å². The first-order valence-electron chi connectivity index (χ1n) is 7.31. The van der Waals surface area contributed by atoms with Crippen molar-refractivity contribution >= 4 is 23.4 Å². The topological polar surface area (TPSA) is 65.3 Å². The van der Waals surface area contributed by atoms with Gasteiger partial charge in [0.2, 0.25) is 5.91 Å². The maximum atomic E-state index is 12.5. The molecule has 2 rings (SSSR count). The number of benzene rings is 1.